The lowest BCUT2D eigenvalue weighted by Crippen LogP contribution is -2.33. The Kier molecular flexibility index (Phi) is 6.45. The molecule has 0 saturated heterocycles. The van der Waals surface area contributed by atoms with Gasteiger partial charge in [0.1, 0.15) is 0 Å². The van der Waals surface area contributed by atoms with Crippen LogP contribution in [0.5, 0.6) is 0 Å². The van der Waals surface area contributed by atoms with Gasteiger partial charge in [-0.05, 0) is 31.1 Å². The number of nitrogens with one attached hydrogen (secondary N) is 1. The van der Waals surface area contributed by atoms with Gasteiger partial charge in [-0.1, -0.05) is 67.6 Å². The summed E-state index contributed by atoms with van der Waals surface area (Å²) in [7, 11) is 2.19. The topological polar surface area (TPSA) is 15.3 Å². The van der Waals surface area contributed by atoms with Gasteiger partial charge in [0.2, 0.25) is 0 Å². The summed E-state index contributed by atoms with van der Waals surface area (Å²) in [6.07, 6.45) is 1.16. The molecule has 2 nitrogen and oxygen atoms in total. The van der Waals surface area contributed by atoms with Crippen LogP contribution in [-0.4, -0.2) is 25.0 Å². The SMILES string of the molecule is CCCNC(CN(C)Cc1ccccc1)c1ccccc1. The summed E-state index contributed by atoms with van der Waals surface area (Å²) in [6.45, 7) is 5.26. The summed E-state index contributed by atoms with van der Waals surface area (Å²) in [5.41, 5.74) is 2.73. The molecule has 2 aromatic carbocycles. The lowest BCUT2D eigenvalue weighted by atomic mass is 10.1. The molecule has 0 fully saturated rings. The Balaban J connectivity index is 1.97. The van der Waals surface area contributed by atoms with Crippen LogP contribution in [0.4, 0.5) is 0 Å². The monoisotopic (exact) mass is 282 g/mol. The van der Waals surface area contributed by atoms with Crippen LogP contribution in [-0.2, 0) is 6.54 Å². The quantitative estimate of drug-likeness (QED) is 0.791. The van der Waals surface area contributed by atoms with Crippen molar-refractivity contribution < 1.29 is 0 Å². The van der Waals surface area contributed by atoms with Crippen LogP contribution in [0.2, 0.25) is 0 Å². The Bertz CT molecular complexity index is 495. The summed E-state index contributed by atoms with van der Waals surface area (Å²) in [5, 5.41) is 3.66. The number of hydrogen-bond acceptors (Lipinski definition) is 2. The maximum Gasteiger partial charge on any atom is 0.0449 e. The van der Waals surface area contributed by atoms with Gasteiger partial charge in [-0.15, -0.1) is 0 Å². The van der Waals surface area contributed by atoms with E-state index in [9.17, 15) is 0 Å². The summed E-state index contributed by atoms with van der Waals surface area (Å²) >= 11 is 0. The highest BCUT2D eigenvalue weighted by atomic mass is 15.1. The molecule has 0 radical (unpaired) electrons. The largest absolute Gasteiger partial charge is 0.309 e. The fourth-order valence-electron chi connectivity index (χ4n) is 2.56. The van der Waals surface area contributed by atoms with Crippen molar-refractivity contribution >= 4 is 0 Å². The van der Waals surface area contributed by atoms with Gasteiger partial charge in [0.05, 0.1) is 0 Å². The van der Waals surface area contributed by atoms with Crippen molar-refractivity contribution in [1.82, 2.24) is 10.2 Å². The van der Waals surface area contributed by atoms with E-state index in [1.807, 2.05) is 0 Å². The van der Waals surface area contributed by atoms with Crippen molar-refractivity contribution in [2.24, 2.45) is 0 Å². The number of nitrogens with zero attached hydrogens (tertiary/aromatic N) is 1. The van der Waals surface area contributed by atoms with Crippen molar-refractivity contribution in [1.29, 1.82) is 0 Å². The average Bonchev–Trinajstić information content (AvgIpc) is 2.53. The van der Waals surface area contributed by atoms with Gasteiger partial charge in [0.15, 0.2) is 0 Å². The van der Waals surface area contributed by atoms with Crippen molar-refractivity contribution in [3.05, 3.63) is 71.8 Å². The van der Waals surface area contributed by atoms with E-state index in [1.54, 1.807) is 0 Å². The van der Waals surface area contributed by atoms with E-state index in [0.717, 1.165) is 26.1 Å². The molecule has 0 aromatic heterocycles. The van der Waals surface area contributed by atoms with E-state index in [0.29, 0.717) is 6.04 Å². The molecule has 1 N–H and O–H groups in total. The highest BCUT2D eigenvalue weighted by molar-refractivity contribution is 5.19. The Morgan fingerprint density at radius 1 is 0.952 bits per heavy atom. The van der Waals surface area contributed by atoms with Crippen LogP contribution < -0.4 is 5.32 Å². The van der Waals surface area contributed by atoms with Gasteiger partial charge in [0, 0.05) is 19.1 Å². The van der Waals surface area contributed by atoms with E-state index in [1.165, 1.54) is 11.1 Å². The third-order valence-electron chi connectivity index (χ3n) is 3.63. The second-order valence-electron chi connectivity index (χ2n) is 5.60. The van der Waals surface area contributed by atoms with Crippen LogP contribution in [0.15, 0.2) is 60.7 Å². The zero-order chi connectivity index (χ0) is 14.9. The molecule has 2 heteroatoms. The Morgan fingerprint density at radius 3 is 2.19 bits per heavy atom. The standard InChI is InChI=1S/C19H26N2/c1-3-14-20-19(18-12-8-5-9-13-18)16-21(2)15-17-10-6-4-7-11-17/h4-13,19-20H,3,14-16H2,1-2H3. The number of likely N-dealkylation sites (N-methyl/N-ethyl adjacent to an activating group) is 1. The minimum absolute atomic E-state index is 0.389. The van der Waals surface area contributed by atoms with E-state index >= 15 is 0 Å². The molecular weight excluding hydrogens is 256 g/mol. The van der Waals surface area contributed by atoms with Crippen molar-refractivity contribution in [2.45, 2.75) is 25.9 Å². The average molecular weight is 282 g/mol. The summed E-state index contributed by atoms with van der Waals surface area (Å²) in [4.78, 5) is 2.38. The maximum absolute atomic E-state index is 3.66. The van der Waals surface area contributed by atoms with Crippen molar-refractivity contribution in [3.8, 4) is 0 Å². The van der Waals surface area contributed by atoms with E-state index in [4.69, 9.17) is 0 Å². The third kappa shape index (κ3) is 5.33. The van der Waals surface area contributed by atoms with Crippen molar-refractivity contribution in [3.63, 3.8) is 0 Å². The Morgan fingerprint density at radius 2 is 1.57 bits per heavy atom. The molecular formula is C19H26N2. The van der Waals surface area contributed by atoms with E-state index in [2.05, 4.69) is 84.9 Å². The van der Waals surface area contributed by atoms with Crippen LogP contribution in [0.3, 0.4) is 0 Å². The van der Waals surface area contributed by atoms with Crippen LogP contribution in [0.25, 0.3) is 0 Å². The van der Waals surface area contributed by atoms with Gasteiger partial charge in [-0.25, -0.2) is 0 Å². The molecule has 1 unspecified atom stereocenters. The molecule has 0 spiro atoms. The fraction of sp³-hybridized carbons (Fsp3) is 0.368. The first kappa shape index (κ1) is 15.7. The summed E-state index contributed by atoms with van der Waals surface area (Å²) in [5.74, 6) is 0. The third-order valence-corrected chi connectivity index (χ3v) is 3.63. The van der Waals surface area contributed by atoms with Gasteiger partial charge in [-0.3, -0.25) is 0 Å². The van der Waals surface area contributed by atoms with Gasteiger partial charge in [-0.2, -0.15) is 0 Å². The molecule has 0 saturated carbocycles. The first-order chi connectivity index (χ1) is 10.3. The van der Waals surface area contributed by atoms with E-state index < -0.39 is 0 Å². The lowest BCUT2D eigenvalue weighted by Gasteiger charge is -2.25. The first-order valence-corrected chi connectivity index (χ1v) is 7.80. The van der Waals surface area contributed by atoms with Crippen molar-refractivity contribution in [2.75, 3.05) is 20.1 Å². The number of benzene rings is 2. The molecule has 0 aliphatic heterocycles. The van der Waals surface area contributed by atoms with Crippen LogP contribution >= 0.6 is 0 Å². The second kappa shape index (κ2) is 8.60. The van der Waals surface area contributed by atoms with E-state index in [-0.39, 0.29) is 0 Å². The maximum atomic E-state index is 3.66. The highest BCUT2D eigenvalue weighted by Crippen LogP contribution is 2.15. The van der Waals surface area contributed by atoms with Gasteiger partial charge >= 0.3 is 0 Å². The molecule has 0 amide bonds. The summed E-state index contributed by atoms with van der Waals surface area (Å²) < 4.78 is 0. The smallest absolute Gasteiger partial charge is 0.0449 e. The molecule has 1 atom stereocenters. The minimum atomic E-state index is 0.389. The van der Waals surface area contributed by atoms with Crippen LogP contribution in [0, 0.1) is 0 Å². The Labute approximate surface area is 128 Å². The zero-order valence-electron chi connectivity index (χ0n) is 13.1. The molecule has 112 valence electrons. The molecule has 0 aliphatic carbocycles. The first-order valence-electron chi connectivity index (χ1n) is 7.80. The molecule has 0 aliphatic rings. The highest BCUT2D eigenvalue weighted by Gasteiger charge is 2.13. The zero-order valence-corrected chi connectivity index (χ0v) is 13.1. The summed E-state index contributed by atoms with van der Waals surface area (Å²) in [6, 6.07) is 21.8. The normalized spacial score (nSPS) is 12.5. The number of rotatable bonds is 8. The number of hydrogen-bond donors (Lipinski definition) is 1. The molecule has 0 bridgehead atoms. The predicted octanol–water partition coefficient (Wildman–Crippen LogP) is 3.86. The molecule has 2 rings (SSSR count). The predicted molar refractivity (Wildman–Crippen MR) is 90.3 cm³/mol. The minimum Gasteiger partial charge on any atom is -0.309 e. The van der Waals surface area contributed by atoms with Crippen LogP contribution in [0.1, 0.15) is 30.5 Å². The molecule has 21 heavy (non-hydrogen) atoms. The lowest BCUT2D eigenvalue weighted by molar-refractivity contribution is 0.283. The molecule has 2 aromatic rings. The van der Waals surface area contributed by atoms with Gasteiger partial charge < -0.3 is 10.2 Å². The Hall–Kier alpha value is -1.64. The fourth-order valence-corrected chi connectivity index (χ4v) is 2.56. The second-order valence-corrected chi connectivity index (χ2v) is 5.60. The molecule has 0 heterocycles. The van der Waals surface area contributed by atoms with Gasteiger partial charge in [0.25, 0.3) is 0 Å².